The Morgan fingerprint density at radius 1 is 1.12 bits per heavy atom. The van der Waals surface area contributed by atoms with Crippen molar-refractivity contribution >= 4 is 11.9 Å². The average molecular weight is 326 g/mol. The number of amidine groups is 1. The summed E-state index contributed by atoms with van der Waals surface area (Å²) in [6.45, 7) is 4.22. The highest BCUT2D eigenvalue weighted by molar-refractivity contribution is 6.04. The first kappa shape index (κ1) is 17.5. The number of nitrogens with one attached hydrogen (secondary N) is 1. The molecule has 0 fully saturated rings. The van der Waals surface area contributed by atoms with E-state index >= 15 is 0 Å². The number of carbonyl (C=O) groups is 1. The molecular formula is C19H22N2O3. The molecule has 0 spiro atoms. The summed E-state index contributed by atoms with van der Waals surface area (Å²) in [4.78, 5) is 16.8. The largest absolute Gasteiger partial charge is 0.497 e. The summed E-state index contributed by atoms with van der Waals surface area (Å²) in [5.74, 6) is 0.424. The van der Waals surface area contributed by atoms with Gasteiger partial charge in [-0.2, -0.15) is 0 Å². The molecular weight excluding hydrogens is 304 g/mol. The quantitative estimate of drug-likeness (QED) is 0.675. The lowest BCUT2D eigenvalue weighted by Gasteiger charge is -2.13. The molecule has 0 heterocycles. The predicted octanol–water partition coefficient (Wildman–Crippen LogP) is 3.58. The van der Waals surface area contributed by atoms with Gasteiger partial charge in [0.15, 0.2) is 0 Å². The van der Waals surface area contributed by atoms with E-state index in [2.05, 4.69) is 10.3 Å². The third-order valence-electron chi connectivity index (χ3n) is 3.45. The first-order valence-electron chi connectivity index (χ1n) is 7.85. The molecule has 0 aliphatic carbocycles. The molecule has 0 radical (unpaired) electrons. The number of aliphatic imine (C=N–C) groups is 1. The molecule has 0 aliphatic heterocycles. The van der Waals surface area contributed by atoms with Crippen molar-refractivity contribution in [2.75, 3.05) is 13.7 Å². The molecule has 5 nitrogen and oxygen atoms in total. The molecule has 2 aromatic carbocycles. The summed E-state index contributed by atoms with van der Waals surface area (Å²) in [6, 6.07) is 16.8. The van der Waals surface area contributed by atoms with Gasteiger partial charge >= 0.3 is 0 Å². The maximum absolute atomic E-state index is 12.3. The Morgan fingerprint density at radius 2 is 1.79 bits per heavy atom. The molecule has 0 bridgehead atoms. The second-order valence-electron chi connectivity index (χ2n) is 5.14. The van der Waals surface area contributed by atoms with Crippen LogP contribution in [0.3, 0.4) is 0 Å². The summed E-state index contributed by atoms with van der Waals surface area (Å²) in [6.07, 6.45) is 0. The zero-order chi connectivity index (χ0) is 17.4. The Hall–Kier alpha value is -2.82. The van der Waals surface area contributed by atoms with Crippen molar-refractivity contribution in [2.24, 2.45) is 4.99 Å². The molecule has 1 atom stereocenters. The van der Waals surface area contributed by atoms with E-state index in [1.165, 1.54) is 0 Å². The number of carbonyl (C=O) groups excluding carboxylic acids is 1. The fourth-order valence-electron chi connectivity index (χ4n) is 2.14. The lowest BCUT2D eigenvalue weighted by Crippen LogP contribution is -2.33. The van der Waals surface area contributed by atoms with Gasteiger partial charge in [-0.05, 0) is 43.7 Å². The van der Waals surface area contributed by atoms with Crippen LogP contribution in [0.15, 0.2) is 59.6 Å². The number of methoxy groups -OCH3 is 1. The highest BCUT2D eigenvalue weighted by Crippen LogP contribution is 2.16. The molecule has 5 heteroatoms. The van der Waals surface area contributed by atoms with Gasteiger partial charge in [-0.1, -0.05) is 30.3 Å². The van der Waals surface area contributed by atoms with Crippen LogP contribution in [-0.4, -0.2) is 25.6 Å². The molecule has 1 amide bonds. The number of amides is 1. The molecule has 0 aromatic heterocycles. The minimum absolute atomic E-state index is 0.121. The van der Waals surface area contributed by atoms with Crippen LogP contribution >= 0.6 is 0 Å². The Kier molecular flexibility index (Phi) is 6.37. The number of hydrogen-bond acceptors (Lipinski definition) is 4. The van der Waals surface area contributed by atoms with E-state index in [0.717, 1.165) is 5.56 Å². The predicted molar refractivity (Wildman–Crippen MR) is 94.4 cm³/mol. The van der Waals surface area contributed by atoms with Crippen molar-refractivity contribution in [3.05, 3.63) is 65.7 Å². The summed E-state index contributed by atoms with van der Waals surface area (Å²) in [5, 5.41) is 2.72. The fraction of sp³-hybridized carbons (Fsp3) is 0.263. The molecule has 0 aliphatic rings. The molecule has 2 aromatic rings. The SMILES string of the molecule is CCOC(=N[C@@H](C)c1ccccc1)NC(=O)c1ccc(OC)cc1. The van der Waals surface area contributed by atoms with Gasteiger partial charge in [-0.15, -0.1) is 0 Å². The van der Waals surface area contributed by atoms with E-state index < -0.39 is 0 Å². The van der Waals surface area contributed by atoms with Crippen LogP contribution in [0.2, 0.25) is 0 Å². The smallest absolute Gasteiger partial charge is 0.292 e. The molecule has 1 N–H and O–H groups in total. The molecule has 126 valence electrons. The Morgan fingerprint density at radius 3 is 2.38 bits per heavy atom. The van der Waals surface area contributed by atoms with Crippen molar-refractivity contribution in [1.82, 2.24) is 5.32 Å². The van der Waals surface area contributed by atoms with Crippen molar-refractivity contribution in [1.29, 1.82) is 0 Å². The van der Waals surface area contributed by atoms with E-state index in [9.17, 15) is 4.79 Å². The third-order valence-corrected chi connectivity index (χ3v) is 3.45. The van der Waals surface area contributed by atoms with Gasteiger partial charge in [0.05, 0.1) is 19.8 Å². The van der Waals surface area contributed by atoms with Gasteiger partial charge in [0.2, 0.25) is 0 Å². The van der Waals surface area contributed by atoms with Crippen LogP contribution in [0.5, 0.6) is 5.75 Å². The van der Waals surface area contributed by atoms with Gasteiger partial charge in [0.1, 0.15) is 5.75 Å². The van der Waals surface area contributed by atoms with Crippen LogP contribution < -0.4 is 10.1 Å². The zero-order valence-corrected chi connectivity index (χ0v) is 14.2. The first-order chi connectivity index (χ1) is 11.6. The maximum Gasteiger partial charge on any atom is 0.292 e. The number of rotatable bonds is 5. The minimum Gasteiger partial charge on any atom is -0.497 e. The number of ether oxygens (including phenoxy) is 2. The Bertz CT molecular complexity index is 682. The summed E-state index contributed by atoms with van der Waals surface area (Å²) < 4.78 is 10.6. The average Bonchev–Trinajstić information content (AvgIpc) is 2.62. The second-order valence-corrected chi connectivity index (χ2v) is 5.14. The lowest BCUT2D eigenvalue weighted by molar-refractivity contribution is 0.0966. The molecule has 2 rings (SSSR count). The molecule has 0 saturated heterocycles. The van der Waals surface area contributed by atoms with Gasteiger partial charge in [0, 0.05) is 5.56 Å². The van der Waals surface area contributed by atoms with Gasteiger partial charge in [-0.3, -0.25) is 10.1 Å². The number of benzene rings is 2. The molecule has 0 unspecified atom stereocenters. The fourth-order valence-corrected chi connectivity index (χ4v) is 2.14. The Labute approximate surface area is 142 Å². The zero-order valence-electron chi connectivity index (χ0n) is 14.2. The van der Waals surface area contributed by atoms with E-state index in [1.54, 1.807) is 31.4 Å². The van der Waals surface area contributed by atoms with Gasteiger partial charge in [-0.25, -0.2) is 4.99 Å². The van der Waals surface area contributed by atoms with Crippen molar-refractivity contribution in [3.8, 4) is 5.75 Å². The highest BCUT2D eigenvalue weighted by atomic mass is 16.5. The summed E-state index contributed by atoms with van der Waals surface area (Å²) in [5.41, 5.74) is 1.56. The van der Waals surface area contributed by atoms with Crippen molar-refractivity contribution in [3.63, 3.8) is 0 Å². The van der Waals surface area contributed by atoms with E-state index in [1.807, 2.05) is 44.2 Å². The summed E-state index contributed by atoms with van der Waals surface area (Å²) >= 11 is 0. The monoisotopic (exact) mass is 326 g/mol. The van der Waals surface area contributed by atoms with Crippen LogP contribution in [0.1, 0.15) is 35.8 Å². The van der Waals surface area contributed by atoms with Gasteiger partial charge in [0.25, 0.3) is 11.9 Å². The van der Waals surface area contributed by atoms with Crippen LogP contribution in [0.4, 0.5) is 0 Å². The first-order valence-corrected chi connectivity index (χ1v) is 7.85. The van der Waals surface area contributed by atoms with E-state index in [-0.39, 0.29) is 18.0 Å². The van der Waals surface area contributed by atoms with E-state index in [0.29, 0.717) is 17.9 Å². The third kappa shape index (κ3) is 4.84. The van der Waals surface area contributed by atoms with E-state index in [4.69, 9.17) is 9.47 Å². The molecule has 24 heavy (non-hydrogen) atoms. The standard InChI is InChI=1S/C19H22N2O3/c1-4-24-19(20-14(2)15-8-6-5-7-9-15)21-18(22)16-10-12-17(23-3)13-11-16/h5-14H,4H2,1-3H3,(H,20,21,22)/t14-/m0/s1. The topological polar surface area (TPSA) is 59.9 Å². The number of hydrogen-bond donors (Lipinski definition) is 1. The lowest BCUT2D eigenvalue weighted by atomic mass is 10.1. The maximum atomic E-state index is 12.3. The van der Waals surface area contributed by atoms with Crippen molar-refractivity contribution in [2.45, 2.75) is 19.9 Å². The molecule has 0 saturated carbocycles. The highest BCUT2D eigenvalue weighted by Gasteiger charge is 2.12. The summed E-state index contributed by atoms with van der Waals surface area (Å²) in [7, 11) is 1.58. The van der Waals surface area contributed by atoms with Crippen LogP contribution in [0.25, 0.3) is 0 Å². The van der Waals surface area contributed by atoms with Gasteiger partial charge < -0.3 is 9.47 Å². The Balaban J connectivity index is 2.11. The normalized spacial score (nSPS) is 12.4. The van der Waals surface area contributed by atoms with Crippen LogP contribution in [-0.2, 0) is 4.74 Å². The van der Waals surface area contributed by atoms with Crippen molar-refractivity contribution < 1.29 is 14.3 Å². The number of nitrogens with zero attached hydrogens (tertiary/aromatic N) is 1. The minimum atomic E-state index is -0.273. The second kappa shape index (κ2) is 8.72. The van der Waals surface area contributed by atoms with Crippen LogP contribution in [0, 0.1) is 0 Å².